The number of ketones is 1. The highest BCUT2D eigenvalue weighted by Crippen LogP contribution is 2.37. The number of nitrogens with zero attached hydrogens (tertiary/aromatic N) is 2. The first kappa shape index (κ1) is 26.8. The number of anilines is 1. The van der Waals surface area contributed by atoms with Crippen molar-refractivity contribution in [3.63, 3.8) is 0 Å². The van der Waals surface area contributed by atoms with Crippen LogP contribution in [0.2, 0.25) is 0 Å². The van der Waals surface area contributed by atoms with Crippen molar-refractivity contribution in [3.05, 3.63) is 28.8 Å². The Morgan fingerprint density at radius 1 is 1.03 bits per heavy atom. The van der Waals surface area contributed by atoms with E-state index < -0.39 is 0 Å². The molecule has 1 amide bonds. The highest BCUT2D eigenvalue weighted by molar-refractivity contribution is 6.06. The number of amides is 1. The first-order valence-corrected chi connectivity index (χ1v) is 12.4. The zero-order chi connectivity index (χ0) is 22.2. The first-order valence-electron chi connectivity index (χ1n) is 12.4. The Kier molecular flexibility index (Phi) is 11.2. The normalized spacial score (nSPS) is 17.9. The van der Waals surface area contributed by atoms with Crippen LogP contribution in [0.1, 0.15) is 80.8 Å². The third-order valence-electron chi connectivity index (χ3n) is 6.73. The first-order chi connectivity index (χ1) is 15.1. The molecule has 0 saturated carbocycles. The summed E-state index contributed by atoms with van der Waals surface area (Å²) in [5.41, 5.74) is 4.12. The van der Waals surface area contributed by atoms with Gasteiger partial charge in [-0.1, -0.05) is 32.8 Å². The van der Waals surface area contributed by atoms with Gasteiger partial charge < -0.3 is 14.5 Å². The monoisotopic (exact) mass is 464 g/mol. The van der Waals surface area contributed by atoms with Crippen molar-refractivity contribution in [2.24, 2.45) is 5.92 Å². The van der Waals surface area contributed by atoms with E-state index in [-0.39, 0.29) is 24.2 Å². The molecule has 2 aliphatic rings. The zero-order valence-electron chi connectivity index (χ0n) is 20.2. The van der Waals surface area contributed by atoms with Gasteiger partial charge in [-0.05, 0) is 69.3 Å². The van der Waals surface area contributed by atoms with Gasteiger partial charge in [-0.2, -0.15) is 0 Å². The van der Waals surface area contributed by atoms with Crippen LogP contribution in [0, 0.1) is 5.92 Å². The topological polar surface area (TPSA) is 49.9 Å². The van der Waals surface area contributed by atoms with Crippen LogP contribution in [0.3, 0.4) is 0 Å². The Bertz CT molecular complexity index is 760. The predicted octanol–water partition coefficient (Wildman–Crippen LogP) is 5.07. The average Bonchev–Trinajstić information content (AvgIpc) is 2.78. The number of unbranched alkanes of at least 4 members (excludes halogenated alkanes) is 2. The van der Waals surface area contributed by atoms with Crippen molar-refractivity contribution in [3.8, 4) is 0 Å². The van der Waals surface area contributed by atoms with Gasteiger partial charge >= 0.3 is 0 Å². The van der Waals surface area contributed by atoms with Gasteiger partial charge in [0.15, 0.2) is 5.78 Å². The van der Waals surface area contributed by atoms with E-state index in [9.17, 15) is 9.59 Å². The lowest BCUT2D eigenvalue weighted by molar-refractivity contribution is -0.119. The van der Waals surface area contributed by atoms with Crippen molar-refractivity contribution in [1.29, 1.82) is 0 Å². The molecule has 0 saturated heterocycles. The van der Waals surface area contributed by atoms with Gasteiger partial charge in [0, 0.05) is 43.3 Å². The van der Waals surface area contributed by atoms with Crippen molar-refractivity contribution >= 4 is 29.8 Å². The Morgan fingerprint density at radius 2 is 1.75 bits per heavy atom. The number of rotatable bonds is 12. The highest BCUT2D eigenvalue weighted by atomic mass is 35.5. The van der Waals surface area contributed by atoms with Crippen molar-refractivity contribution < 1.29 is 14.3 Å². The lowest BCUT2D eigenvalue weighted by atomic mass is 9.78. The Labute approximate surface area is 200 Å². The molecule has 3 rings (SSSR count). The number of carbonyl (C=O) groups excluding carboxylic acids is 2. The second kappa shape index (κ2) is 13.3. The number of hydrogen-bond donors (Lipinski definition) is 0. The minimum atomic E-state index is 0. The maximum absolute atomic E-state index is 13.7. The molecule has 1 heterocycles. The van der Waals surface area contributed by atoms with E-state index in [0.717, 1.165) is 49.3 Å². The molecular formula is C26H41ClN2O3. The third-order valence-corrected chi connectivity index (χ3v) is 6.73. The van der Waals surface area contributed by atoms with E-state index in [1.807, 2.05) is 11.8 Å². The van der Waals surface area contributed by atoms with Gasteiger partial charge in [-0.25, -0.2) is 0 Å². The number of fused-ring (bicyclic) bond motifs is 3. The van der Waals surface area contributed by atoms with Crippen LogP contribution in [-0.2, 0) is 22.4 Å². The third kappa shape index (κ3) is 6.33. The molecule has 0 aromatic heterocycles. The second-order valence-electron chi connectivity index (χ2n) is 8.95. The lowest BCUT2D eigenvalue weighted by Crippen LogP contribution is -2.40. The van der Waals surface area contributed by atoms with E-state index in [0.29, 0.717) is 38.4 Å². The number of Topliss-reactive ketones (excluding diaryl/α,β-unsaturated/α-hetero) is 1. The number of hydrogen-bond acceptors (Lipinski definition) is 4. The summed E-state index contributed by atoms with van der Waals surface area (Å²) < 4.78 is 5.49. The summed E-state index contributed by atoms with van der Waals surface area (Å²) in [4.78, 5) is 30.6. The molecule has 1 aliphatic carbocycles. The fraction of sp³-hybridized carbons (Fsp3) is 0.692. The number of halogens is 1. The fourth-order valence-electron chi connectivity index (χ4n) is 4.96. The van der Waals surface area contributed by atoms with E-state index >= 15 is 0 Å². The molecule has 1 atom stereocenters. The van der Waals surface area contributed by atoms with Crippen molar-refractivity contribution in [1.82, 2.24) is 4.90 Å². The van der Waals surface area contributed by atoms with Gasteiger partial charge in [-0.3, -0.25) is 9.59 Å². The van der Waals surface area contributed by atoms with Crippen molar-refractivity contribution in [2.75, 3.05) is 44.3 Å². The van der Waals surface area contributed by atoms with E-state index in [1.54, 1.807) is 0 Å². The number of ether oxygens (including phenoxy) is 1. The van der Waals surface area contributed by atoms with Crippen LogP contribution in [0.15, 0.2) is 12.1 Å². The minimum absolute atomic E-state index is 0. The summed E-state index contributed by atoms with van der Waals surface area (Å²) in [6.45, 7) is 11.2. The molecule has 1 unspecified atom stereocenters. The standard InChI is InChI=1S/C26H40N2O3.ClH/c1-4-7-15-27(16-8-5-2)19-21-10-9-20-11-13-23-22(25(20)26(21)30)12-14-24(29)28(23)17-18-31-6-3;/h11,13,21H,4-10,12,14-19H2,1-3H3;1H. The quantitative estimate of drug-likeness (QED) is 0.405. The van der Waals surface area contributed by atoms with E-state index in [1.165, 1.54) is 31.2 Å². The summed E-state index contributed by atoms with van der Waals surface area (Å²) in [6, 6.07) is 4.14. The maximum atomic E-state index is 13.7. The Balaban J connectivity index is 0.00000363. The van der Waals surface area contributed by atoms with Gasteiger partial charge in [0.25, 0.3) is 0 Å². The van der Waals surface area contributed by atoms with Crippen LogP contribution < -0.4 is 4.90 Å². The number of carbonyl (C=O) groups is 2. The van der Waals surface area contributed by atoms with E-state index in [4.69, 9.17) is 4.74 Å². The van der Waals surface area contributed by atoms with Crippen molar-refractivity contribution in [2.45, 2.75) is 72.1 Å². The molecule has 32 heavy (non-hydrogen) atoms. The Hall–Kier alpha value is -1.43. The molecule has 1 aromatic rings. The average molecular weight is 465 g/mol. The van der Waals surface area contributed by atoms with Crippen LogP contribution >= 0.6 is 12.4 Å². The number of benzene rings is 1. The zero-order valence-corrected chi connectivity index (χ0v) is 21.0. The van der Waals surface area contributed by atoms with Gasteiger partial charge in [0.1, 0.15) is 0 Å². The molecule has 0 radical (unpaired) electrons. The lowest BCUT2D eigenvalue weighted by Gasteiger charge is -2.35. The fourth-order valence-corrected chi connectivity index (χ4v) is 4.96. The smallest absolute Gasteiger partial charge is 0.227 e. The van der Waals surface area contributed by atoms with Gasteiger partial charge in [0.2, 0.25) is 5.91 Å². The van der Waals surface area contributed by atoms with Gasteiger partial charge in [-0.15, -0.1) is 12.4 Å². The molecule has 6 heteroatoms. The number of aryl methyl sites for hydroxylation is 1. The summed E-state index contributed by atoms with van der Waals surface area (Å²) in [6.07, 6.45) is 7.80. The van der Waals surface area contributed by atoms with Crippen LogP contribution in [-0.4, -0.2) is 56.0 Å². The molecule has 0 fully saturated rings. The van der Waals surface area contributed by atoms with E-state index in [2.05, 4.69) is 30.9 Å². The summed E-state index contributed by atoms with van der Waals surface area (Å²) in [5, 5.41) is 0. The second-order valence-corrected chi connectivity index (χ2v) is 8.95. The molecule has 180 valence electrons. The van der Waals surface area contributed by atoms with Gasteiger partial charge in [0.05, 0.1) is 6.61 Å². The summed E-state index contributed by atoms with van der Waals surface area (Å²) in [7, 11) is 0. The molecule has 0 N–H and O–H groups in total. The predicted molar refractivity (Wildman–Crippen MR) is 133 cm³/mol. The van der Waals surface area contributed by atoms with Crippen LogP contribution in [0.25, 0.3) is 0 Å². The SMILES string of the molecule is CCCCN(CCCC)CC1CCc2ccc3c(c2C1=O)CCC(=O)N3CCOCC.Cl. The maximum Gasteiger partial charge on any atom is 0.227 e. The molecule has 5 nitrogen and oxygen atoms in total. The molecule has 1 aliphatic heterocycles. The Morgan fingerprint density at radius 3 is 2.41 bits per heavy atom. The largest absolute Gasteiger partial charge is 0.380 e. The van der Waals surface area contributed by atoms with Crippen LogP contribution in [0.5, 0.6) is 0 Å². The van der Waals surface area contributed by atoms with Crippen LogP contribution in [0.4, 0.5) is 5.69 Å². The molecule has 0 spiro atoms. The molecule has 0 bridgehead atoms. The summed E-state index contributed by atoms with van der Waals surface area (Å²) >= 11 is 0. The minimum Gasteiger partial charge on any atom is -0.380 e. The highest BCUT2D eigenvalue weighted by Gasteiger charge is 2.35. The molecular weight excluding hydrogens is 424 g/mol. The summed E-state index contributed by atoms with van der Waals surface area (Å²) in [5.74, 6) is 0.509. The molecule has 1 aromatic carbocycles.